The van der Waals surface area contributed by atoms with Crippen molar-refractivity contribution in [3.63, 3.8) is 0 Å². The third-order valence-corrected chi connectivity index (χ3v) is 4.29. The number of carbonyl (C=O) groups is 1. The van der Waals surface area contributed by atoms with Gasteiger partial charge in [-0.1, -0.05) is 32.0 Å². The van der Waals surface area contributed by atoms with Crippen molar-refractivity contribution < 1.29 is 18.0 Å². The Morgan fingerprint density at radius 2 is 1.96 bits per heavy atom. The van der Waals surface area contributed by atoms with Gasteiger partial charge in [0.1, 0.15) is 0 Å². The third-order valence-electron chi connectivity index (χ3n) is 4.29. The molecule has 1 amide bonds. The molecule has 1 fully saturated rings. The molecule has 1 aliphatic heterocycles. The Labute approximate surface area is 146 Å². The zero-order chi connectivity index (χ0) is 17.1. The highest BCUT2D eigenvalue weighted by Gasteiger charge is 2.32. The van der Waals surface area contributed by atoms with E-state index in [1.54, 1.807) is 6.07 Å². The average Bonchev–Trinajstić information content (AvgIpc) is 2.97. The van der Waals surface area contributed by atoms with Crippen LogP contribution in [0, 0.1) is 0 Å². The van der Waals surface area contributed by atoms with Gasteiger partial charge in [0.2, 0.25) is 5.91 Å². The third kappa shape index (κ3) is 5.67. The van der Waals surface area contributed by atoms with E-state index in [1.165, 1.54) is 6.07 Å². The molecule has 1 saturated heterocycles. The maximum Gasteiger partial charge on any atom is 0.416 e. The normalized spacial score (nSPS) is 18.1. The molecule has 7 heteroatoms. The Morgan fingerprint density at radius 1 is 1.29 bits per heavy atom. The van der Waals surface area contributed by atoms with Crippen LogP contribution in [0.2, 0.25) is 0 Å². The van der Waals surface area contributed by atoms with Gasteiger partial charge in [0.15, 0.2) is 0 Å². The van der Waals surface area contributed by atoms with Crippen molar-refractivity contribution in [1.82, 2.24) is 10.6 Å². The van der Waals surface area contributed by atoms with E-state index in [-0.39, 0.29) is 24.4 Å². The van der Waals surface area contributed by atoms with Crippen molar-refractivity contribution in [2.75, 3.05) is 13.1 Å². The number of rotatable bonds is 5. The fourth-order valence-corrected chi connectivity index (χ4v) is 2.77. The number of halogens is 4. The van der Waals surface area contributed by atoms with Crippen LogP contribution < -0.4 is 10.6 Å². The van der Waals surface area contributed by atoms with E-state index in [0.29, 0.717) is 18.5 Å². The second-order valence-electron chi connectivity index (χ2n) is 6.74. The zero-order valence-corrected chi connectivity index (χ0v) is 14.7. The molecule has 0 aromatic heterocycles. The fourth-order valence-electron chi connectivity index (χ4n) is 2.77. The van der Waals surface area contributed by atoms with Gasteiger partial charge in [-0.05, 0) is 31.0 Å². The number of hydrogen-bond acceptors (Lipinski definition) is 2. The van der Waals surface area contributed by atoms with Crippen molar-refractivity contribution in [1.29, 1.82) is 0 Å². The zero-order valence-electron chi connectivity index (χ0n) is 13.9. The van der Waals surface area contributed by atoms with Crippen LogP contribution in [0.1, 0.15) is 44.2 Å². The Bertz CT molecular complexity index is 555. The Kier molecular flexibility index (Phi) is 7.10. The summed E-state index contributed by atoms with van der Waals surface area (Å²) in [5, 5.41) is 6.10. The van der Waals surface area contributed by atoms with Gasteiger partial charge in [0.05, 0.1) is 5.56 Å². The predicted molar refractivity (Wildman–Crippen MR) is 90.4 cm³/mol. The summed E-state index contributed by atoms with van der Waals surface area (Å²) in [5.74, 6) is -0.0653. The molecule has 3 nitrogen and oxygen atoms in total. The summed E-state index contributed by atoms with van der Waals surface area (Å²) >= 11 is 0. The highest BCUT2D eigenvalue weighted by molar-refractivity contribution is 5.85. The first kappa shape index (κ1) is 20.8. The SMILES string of the molecule is CC(C)(CNC(=O)CC1CCCN1)c1cccc(C(F)(F)F)c1.Cl. The minimum Gasteiger partial charge on any atom is -0.355 e. The van der Waals surface area contributed by atoms with E-state index in [4.69, 9.17) is 0 Å². The average molecular weight is 365 g/mol. The summed E-state index contributed by atoms with van der Waals surface area (Å²) in [5.41, 5.74) is -0.670. The van der Waals surface area contributed by atoms with Gasteiger partial charge >= 0.3 is 6.18 Å². The molecule has 24 heavy (non-hydrogen) atoms. The van der Waals surface area contributed by atoms with Crippen molar-refractivity contribution in [3.8, 4) is 0 Å². The minimum atomic E-state index is -4.36. The van der Waals surface area contributed by atoms with Crippen molar-refractivity contribution in [2.24, 2.45) is 0 Å². The van der Waals surface area contributed by atoms with E-state index in [2.05, 4.69) is 10.6 Å². The predicted octanol–water partition coefficient (Wildman–Crippen LogP) is 3.66. The van der Waals surface area contributed by atoms with Crippen LogP contribution in [-0.2, 0) is 16.4 Å². The number of amides is 1. The molecule has 1 heterocycles. The standard InChI is InChI=1S/C17H23F3N2O.ClH/c1-16(2,11-22-15(23)10-14-7-4-8-21-14)12-5-3-6-13(9-12)17(18,19)20;/h3,5-6,9,14,21H,4,7-8,10-11H2,1-2H3,(H,22,23);1H. The Morgan fingerprint density at radius 3 is 2.54 bits per heavy atom. The van der Waals surface area contributed by atoms with Crippen LogP contribution in [0.4, 0.5) is 13.2 Å². The molecule has 1 aromatic rings. The lowest BCUT2D eigenvalue weighted by molar-refractivity contribution is -0.137. The van der Waals surface area contributed by atoms with Gasteiger partial charge in [-0.25, -0.2) is 0 Å². The summed E-state index contributed by atoms with van der Waals surface area (Å²) in [6.07, 6.45) is -1.87. The number of benzene rings is 1. The highest BCUT2D eigenvalue weighted by atomic mass is 35.5. The smallest absolute Gasteiger partial charge is 0.355 e. The fraction of sp³-hybridized carbons (Fsp3) is 0.588. The lowest BCUT2D eigenvalue weighted by Crippen LogP contribution is -2.39. The van der Waals surface area contributed by atoms with Crippen LogP contribution >= 0.6 is 12.4 Å². The van der Waals surface area contributed by atoms with Crippen LogP contribution in [-0.4, -0.2) is 25.0 Å². The van der Waals surface area contributed by atoms with Gasteiger partial charge < -0.3 is 10.6 Å². The van der Waals surface area contributed by atoms with E-state index in [1.807, 2.05) is 13.8 Å². The van der Waals surface area contributed by atoms with E-state index in [9.17, 15) is 18.0 Å². The monoisotopic (exact) mass is 364 g/mol. The summed E-state index contributed by atoms with van der Waals surface area (Å²) in [4.78, 5) is 12.0. The highest BCUT2D eigenvalue weighted by Crippen LogP contribution is 2.32. The molecule has 2 N–H and O–H groups in total. The number of carbonyl (C=O) groups excluding carboxylic acids is 1. The molecule has 2 rings (SSSR count). The van der Waals surface area contributed by atoms with Crippen LogP contribution in [0.5, 0.6) is 0 Å². The summed E-state index contributed by atoms with van der Waals surface area (Å²) in [6, 6.07) is 5.50. The maximum absolute atomic E-state index is 12.8. The van der Waals surface area contributed by atoms with Crippen LogP contribution in [0.25, 0.3) is 0 Å². The van der Waals surface area contributed by atoms with Crippen LogP contribution in [0.15, 0.2) is 24.3 Å². The van der Waals surface area contributed by atoms with E-state index >= 15 is 0 Å². The van der Waals surface area contributed by atoms with Gasteiger partial charge in [-0.15, -0.1) is 12.4 Å². The summed E-state index contributed by atoms with van der Waals surface area (Å²) in [6.45, 7) is 4.90. The lowest BCUT2D eigenvalue weighted by atomic mass is 9.83. The van der Waals surface area contributed by atoms with Gasteiger partial charge in [-0.3, -0.25) is 4.79 Å². The summed E-state index contributed by atoms with van der Waals surface area (Å²) in [7, 11) is 0. The largest absolute Gasteiger partial charge is 0.416 e. The molecule has 0 saturated carbocycles. The molecule has 0 spiro atoms. The van der Waals surface area contributed by atoms with Crippen molar-refractivity contribution >= 4 is 18.3 Å². The minimum absolute atomic E-state index is 0. The second-order valence-corrected chi connectivity index (χ2v) is 6.74. The Balaban J connectivity index is 0.00000288. The van der Waals surface area contributed by atoms with Gasteiger partial charge in [0, 0.05) is 24.4 Å². The number of nitrogens with one attached hydrogen (secondary N) is 2. The first-order valence-corrected chi connectivity index (χ1v) is 7.86. The molecular formula is C17H24ClF3N2O. The summed E-state index contributed by atoms with van der Waals surface area (Å²) < 4.78 is 38.5. The van der Waals surface area contributed by atoms with Crippen molar-refractivity contribution in [2.45, 2.75) is 50.7 Å². The quantitative estimate of drug-likeness (QED) is 0.837. The molecule has 1 unspecified atom stereocenters. The maximum atomic E-state index is 12.8. The first-order valence-electron chi connectivity index (χ1n) is 7.86. The first-order chi connectivity index (χ1) is 10.7. The molecule has 0 radical (unpaired) electrons. The molecule has 0 bridgehead atoms. The Hall–Kier alpha value is -1.27. The van der Waals surface area contributed by atoms with Crippen molar-refractivity contribution in [3.05, 3.63) is 35.4 Å². The number of hydrogen-bond donors (Lipinski definition) is 2. The van der Waals surface area contributed by atoms with Crippen LogP contribution in [0.3, 0.4) is 0 Å². The molecule has 1 atom stereocenters. The van der Waals surface area contributed by atoms with E-state index in [0.717, 1.165) is 31.5 Å². The molecular weight excluding hydrogens is 341 g/mol. The van der Waals surface area contributed by atoms with E-state index < -0.39 is 17.2 Å². The van der Waals surface area contributed by atoms with Gasteiger partial charge in [-0.2, -0.15) is 13.2 Å². The molecule has 1 aromatic carbocycles. The lowest BCUT2D eigenvalue weighted by Gasteiger charge is -2.27. The second kappa shape index (κ2) is 8.21. The molecule has 0 aliphatic carbocycles. The molecule has 1 aliphatic rings. The van der Waals surface area contributed by atoms with Gasteiger partial charge in [0.25, 0.3) is 0 Å². The molecule has 136 valence electrons. The topological polar surface area (TPSA) is 41.1 Å². The number of alkyl halides is 3.